The van der Waals surface area contributed by atoms with Crippen LogP contribution in [-0.4, -0.2) is 54.5 Å². The van der Waals surface area contributed by atoms with Crippen LogP contribution in [0.15, 0.2) is 21.9 Å². The van der Waals surface area contributed by atoms with Gasteiger partial charge in [-0.25, -0.2) is 4.79 Å². The summed E-state index contributed by atoms with van der Waals surface area (Å²) in [5.41, 5.74) is -1.08. The zero-order valence-electron chi connectivity index (χ0n) is 16.5. The van der Waals surface area contributed by atoms with Crippen LogP contribution < -0.4 is 11.2 Å². The van der Waals surface area contributed by atoms with Crippen molar-refractivity contribution in [2.75, 3.05) is 7.11 Å². The molecule has 1 fully saturated rings. The number of hydrogen-bond donors (Lipinski definition) is 2. The summed E-state index contributed by atoms with van der Waals surface area (Å²) in [5.74, 6) is 0. The molecule has 2 N–H and O–H groups in total. The number of nitrogens with zero attached hydrogens (tertiary/aromatic N) is 1. The number of rotatable bonds is 5. The number of nitrogens with one attached hydrogen (secondary N) is 1. The molecule has 1 aromatic heterocycles. The second kappa shape index (κ2) is 7.39. The monoisotopic (exact) mass is 386 g/mol. The third-order valence-electron chi connectivity index (χ3n) is 5.34. The first-order valence-corrected chi connectivity index (χ1v) is 11.7. The summed E-state index contributed by atoms with van der Waals surface area (Å²) in [6.07, 6.45) is -2.05. The molecule has 1 aromatic rings. The average Bonchev–Trinajstić information content (AvgIpc) is 2.83. The first-order chi connectivity index (χ1) is 11.9. The molecular formula is C17H30N2O6Si. The van der Waals surface area contributed by atoms with E-state index >= 15 is 0 Å². The fraction of sp³-hybridized carbons (Fsp3) is 0.765. The topological polar surface area (TPSA) is 103 Å². The SMILES string of the molecule is COC1C(O[Si](C)(C)C(C)(C)C)C([C@@H](C)O)OC1n1ccc(=O)[nH]c1=O. The Labute approximate surface area is 154 Å². The standard InChI is InChI=1S/C17H30N2O6Si/c1-10(20)12-13(25-26(6,7)17(2,3)4)14(23-5)15(24-12)19-9-8-11(21)18-16(19)22/h8-10,12-15,20H,1-7H3,(H,18,21,22)/t10-,12?,13?,14?,15?/m1/s1. The Morgan fingerprint density at radius 1 is 1.31 bits per heavy atom. The first-order valence-electron chi connectivity index (χ1n) is 8.74. The van der Waals surface area contributed by atoms with E-state index in [0.717, 1.165) is 0 Å². The number of aromatic amines is 1. The molecule has 26 heavy (non-hydrogen) atoms. The Morgan fingerprint density at radius 2 is 1.92 bits per heavy atom. The zero-order valence-corrected chi connectivity index (χ0v) is 17.5. The van der Waals surface area contributed by atoms with E-state index in [0.29, 0.717) is 0 Å². The van der Waals surface area contributed by atoms with E-state index in [2.05, 4.69) is 38.8 Å². The predicted molar refractivity (Wildman–Crippen MR) is 99.8 cm³/mol. The van der Waals surface area contributed by atoms with Gasteiger partial charge in [0.1, 0.15) is 18.3 Å². The van der Waals surface area contributed by atoms with Crippen molar-refractivity contribution in [1.82, 2.24) is 9.55 Å². The second-order valence-electron chi connectivity index (χ2n) is 8.29. The lowest BCUT2D eigenvalue weighted by Crippen LogP contribution is -2.51. The first kappa shape index (κ1) is 21.0. The highest BCUT2D eigenvalue weighted by Crippen LogP contribution is 2.42. The molecule has 4 unspecified atom stereocenters. The van der Waals surface area contributed by atoms with Gasteiger partial charge in [-0.2, -0.15) is 0 Å². The molecular weight excluding hydrogens is 356 g/mol. The molecule has 8 nitrogen and oxygen atoms in total. The maximum atomic E-state index is 12.2. The number of aromatic nitrogens is 2. The van der Waals surface area contributed by atoms with Crippen molar-refractivity contribution in [2.45, 2.75) is 76.5 Å². The summed E-state index contributed by atoms with van der Waals surface area (Å²) >= 11 is 0. The summed E-state index contributed by atoms with van der Waals surface area (Å²) in [6.45, 7) is 12.2. The van der Waals surface area contributed by atoms with Crippen LogP contribution >= 0.6 is 0 Å². The lowest BCUT2D eigenvalue weighted by Gasteiger charge is -2.40. The van der Waals surface area contributed by atoms with Gasteiger partial charge in [-0.15, -0.1) is 0 Å². The Morgan fingerprint density at radius 3 is 2.38 bits per heavy atom. The Kier molecular flexibility index (Phi) is 5.98. The van der Waals surface area contributed by atoms with Crippen LogP contribution in [0.3, 0.4) is 0 Å². The fourth-order valence-corrected chi connectivity index (χ4v) is 4.11. The minimum Gasteiger partial charge on any atom is -0.408 e. The average molecular weight is 387 g/mol. The van der Waals surface area contributed by atoms with Gasteiger partial charge < -0.3 is 19.0 Å². The number of ether oxygens (including phenoxy) is 2. The molecule has 0 bridgehead atoms. The molecule has 0 spiro atoms. The van der Waals surface area contributed by atoms with Crippen LogP contribution in [-0.2, 0) is 13.9 Å². The van der Waals surface area contributed by atoms with Crippen molar-refractivity contribution >= 4 is 8.32 Å². The van der Waals surface area contributed by atoms with E-state index in [9.17, 15) is 14.7 Å². The van der Waals surface area contributed by atoms with Gasteiger partial charge in [0.25, 0.3) is 5.56 Å². The normalized spacial score (nSPS) is 28.3. The van der Waals surface area contributed by atoms with Crippen LogP contribution in [0.25, 0.3) is 0 Å². The molecule has 0 saturated carbocycles. The zero-order chi connectivity index (χ0) is 19.9. The number of aliphatic hydroxyl groups excluding tert-OH is 1. The van der Waals surface area contributed by atoms with Gasteiger partial charge >= 0.3 is 5.69 Å². The molecule has 2 heterocycles. The van der Waals surface area contributed by atoms with Gasteiger partial charge in [0.2, 0.25) is 0 Å². The number of methoxy groups -OCH3 is 1. The summed E-state index contributed by atoms with van der Waals surface area (Å²) in [4.78, 5) is 25.8. The van der Waals surface area contributed by atoms with Gasteiger partial charge in [0.05, 0.1) is 6.10 Å². The van der Waals surface area contributed by atoms with Crippen molar-refractivity contribution in [3.8, 4) is 0 Å². The van der Waals surface area contributed by atoms with Gasteiger partial charge in [-0.05, 0) is 25.1 Å². The highest BCUT2D eigenvalue weighted by Gasteiger charge is 2.52. The van der Waals surface area contributed by atoms with E-state index in [-0.39, 0.29) is 5.04 Å². The summed E-state index contributed by atoms with van der Waals surface area (Å²) in [7, 11) is -0.667. The third-order valence-corrected chi connectivity index (χ3v) is 9.81. The molecule has 0 aliphatic carbocycles. The molecule has 1 aliphatic heterocycles. The highest BCUT2D eigenvalue weighted by atomic mass is 28.4. The molecule has 148 valence electrons. The van der Waals surface area contributed by atoms with E-state index < -0.39 is 50.2 Å². The van der Waals surface area contributed by atoms with E-state index in [1.165, 1.54) is 23.9 Å². The maximum absolute atomic E-state index is 12.2. The highest BCUT2D eigenvalue weighted by molar-refractivity contribution is 6.74. The molecule has 5 atom stereocenters. The lowest BCUT2D eigenvalue weighted by molar-refractivity contribution is -0.0820. The quantitative estimate of drug-likeness (QED) is 0.738. The Hall–Kier alpha value is -1.26. The number of hydrogen-bond acceptors (Lipinski definition) is 6. The number of H-pyrrole nitrogens is 1. The molecule has 1 aliphatic rings. The minimum atomic E-state index is -2.19. The van der Waals surface area contributed by atoms with Crippen molar-refractivity contribution in [3.63, 3.8) is 0 Å². The number of aliphatic hydroxyl groups is 1. The molecule has 0 aromatic carbocycles. The fourth-order valence-electron chi connectivity index (χ4n) is 2.81. The Bertz CT molecular complexity index is 736. The van der Waals surface area contributed by atoms with E-state index in [1.54, 1.807) is 6.92 Å². The molecule has 0 amide bonds. The van der Waals surface area contributed by atoms with Gasteiger partial charge in [0.15, 0.2) is 14.5 Å². The van der Waals surface area contributed by atoms with Crippen molar-refractivity contribution in [2.24, 2.45) is 0 Å². The van der Waals surface area contributed by atoms with Gasteiger partial charge in [-0.1, -0.05) is 20.8 Å². The van der Waals surface area contributed by atoms with Crippen molar-refractivity contribution < 1.29 is 19.0 Å². The predicted octanol–water partition coefficient (Wildman–Crippen LogP) is 1.22. The Balaban J connectivity index is 2.43. The summed E-state index contributed by atoms with van der Waals surface area (Å²) in [6, 6.07) is 1.25. The van der Waals surface area contributed by atoms with Crippen LogP contribution in [0.2, 0.25) is 18.1 Å². The van der Waals surface area contributed by atoms with Crippen LogP contribution in [0, 0.1) is 0 Å². The molecule has 9 heteroatoms. The second-order valence-corrected chi connectivity index (χ2v) is 13.0. The maximum Gasteiger partial charge on any atom is 0.330 e. The van der Waals surface area contributed by atoms with E-state index in [1.807, 2.05) is 0 Å². The van der Waals surface area contributed by atoms with E-state index in [4.69, 9.17) is 13.9 Å². The van der Waals surface area contributed by atoms with Crippen LogP contribution in [0.5, 0.6) is 0 Å². The van der Waals surface area contributed by atoms with Crippen molar-refractivity contribution in [1.29, 1.82) is 0 Å². The molecule has 2 rings (SSSR count). The van der Waals surface area contributed by atoms with Crippen LogP contribution in [0.4, 0.5) is 0 Å². The largest absolute Gasteiger partial charge is 0.408 e. The molecule has 1 saturated heterocycles. The van der Waals surface area contributed by atoms with Gasteiger partial charge in [-0.3, -0.25) is 14.3 Å². The van der Waals surface area contributed by atoms with Crippen LogP contribution in [0.1, 0.15) is 33.9 Å². The smallest absolute Gasteiger partial charge is 0.330 e. The molecule has 0 radical (unpaired) electrons. The lowest BCUT2D eigenvalue weighted by atomic mass is 10.1. The van der Waals surface area contributed by atoms with Crippen molar-refractivity contribution in [3.05, 3.63) is 33.1 Å². The summed E-state index contributed by atoms with van der Waals surface area (Å²) < 4.78 is 19.4. The third kappa shape index (κ3) is 4.01. The minimum absolute atomic E-state index is 0.0402. The summed E-state index contributed by atoms with van der Waals surface area (Å²) in [5, 5.41) is 10.2. The van der Waals surface area contributed by atoms with Gasteiger partial charge in [0, 0.05) is 19.4 Å².